The van der Waals surface area contributed by atoms with E-state index in [-0.39, 0.29) is 18.8 Å². The van der Waals surface area contributed by atoms with E-state index in [1.54, 1.807) is 0 Å². The zero-order chi connectivity index (χ0) is 10.3. The molecule has 0 atom stereocenters. The number of carbonyl (C=O) groups is 3. The number of cyclic esters (lactones) is 2. The number of rotatable bonds is 2. The highest BCUT2D eigenvalue weighted by atomic mass is 35.5. The third-order valence-corrected chi connectivity index (χ3v) is 0.876. The van der Waals surface area contributed by atoms with Gasteiger partial charge in [0.05, 0.1) is 6.42 Å². The molecule has 0 fully saturated rings. The molecule has 78 valence electrons. The van der Waals surface area contributed by atoms with Gasteiger partial charge in [-0.2, -0.15) is 0 Å². The maximum Gasteiger partial charge on any atom is 0.338 e. The van der Waals surface area contributed by atoms with Crippen molar-refractivity contribution in [1.82, 2.24) is 0 Å². The van der Waals surface area contributed by atoms with Crippen LogP contribution in [-0.2, 0) is 19.1 Å². The minimum absolute atomic E-state index is 0. The Morgan fingerprint density at radius 3 is 1.93 bits per heavy atom. The molecule has 14 heavy (non-hydrogen) atoms. The molecule has 0 bridgehead atoms. The number of carboxylic acid groups (broad SMARTS) is 1. The van der Waals surface area contributed by atoms with Gasteiger partial charge in [-0.05, 0) is 0 Å². The second-order valence-electron chi connectivity index (χ2n) is 1.96. The molecule has 0 spiro atoms. The number of esters is 2. The highest BCUT2D eigenvalue weighted by molar-refractivity contribution is 6.04. The van der Waals surface area contributed by atoms with Crippen LogP contribution in [0.5, 0.6) is 0 Å². The first-order chi connectivity index (χ1) is 6.06. The van der Waals surface area contributed by atoms with E-state index in [1.807, 2.05) is 0 Å². The second kappa shape index (κ2) is 8.00. The van der Waals surface area contributed by atoms with Gasteiger partial charge in [-0.1, -0.05) is 6.08 Å². The molecule has 1 aliphatic heterocycles. The summed E-state index contributed by atoms with van der Waals surface area (Å²) < 4.78 is 3.97. The normalized spacial score (nSPS) is 12.0. The number of halogens is 1. The van der Waals surface area contributed by atoms with Gasteiger partial charge in [0.2, 0.25) is 0 Å². The maximum atomic E-state index is 9.92. The van der Waals surface area contributed by atoms with Gasteiger partial charge in [-0.3, -0.25) is 4.79 Å². The Hall–Kier alpha value is -1.62. The molecule has 6 heteroatoms. The summed E-state index contributed by atoms with van der Waals surface area (Å²) in [4.78, 5) is 29.4. The lowest BCUT2D eigenvalue weighted by molar-refractivity contribution is -0.150. The van der Waals surface area contributed by atoms with Crippen molar-refractivity contribution in [1.29, 1.82) is 0 Å². The van der Waals surface area contributed by atoms with E-state index in [0.717, 1.165) is 12.2 Å². The van der Waals surface area contributed by atoms with Crippen LogP contribution in [0, 0.1) is 0 Å². The number of ether oxygens (including phenoxy) is 1. The third kappa shape index (κ3) is 8.48. The molecule has 1 rings (SSSR count). The number of carbonyl (C=O) groups excluding carboxylic acids is 2. The summed E-state index contributed by atoms with van der Waals surface area (Å²) in [5, 5.41) is 7.84. The van der Waals surface area contributed by atoms with Crippen molar-refractivity contribution in [3.05, 3.63) is 24.8 Å². The lowest BCUT2D eigenvalue weighted by atomic mass is 10.4. The van der Waals surface area contributed by atoms with Crippen LogP contribution in [0.25, 0.3) is 0 Å². The van der Waals surface area contributed by atoms with Crippen LogP contribution in [0.1, 0.15) is 6.42 Å². The predicted molar refractivity (Wildman–Crippen MR) is 49.9 cm³/mol. The maximum absolute atomic E-state index is 9.92. The number of hydrogen-bond donors (Lipinski definition) is 1. The zero-order valence-corrected chi connectivity index (χ0v) is 7.95. The summed E-state index contributed by atoms with van der Waals surface area (Å²) in [7, 11) is 0. The molecule has 0 aromatic rings. The van der Waals surface area contributed by atoms with E-state index in [9.17, 15) is 14.4 Å². The van der Waals surface area contributed by atoms with Crippen LogP contribution in [0.2, 0.25) is 0 Å². The monoisotopic (exact) mass is 220 g/mol. The smallest absolute Gasteiger partial charge is 0.338 e. The number of hydrogen-bond acceptors (Lipinski definition) is 4. The van der Waals surface area contributed by atoms with E-state index in [0.29, 0.717) is 0 Å². The summed E-state index contributed by atoms with van der Waals surface area (Å²) in [5.41, 5.74) is 0. The lowest BCUT2D eigenvalue weighted by Crippen LogP contribution is -1.96. The number of aliphatic carboxylic acids is 1. The van der Waals surface area contributed by atoms with Gasteiger partial charge in [-0.15, -0.1) is 19.0 Å². The molecule has 1 aliphatic rings. The van der Waals surface area contributed by atoms with Gasteiger partial charge in [0, 0.05) is 12.2 Å². The Bertz CT molecular complexity index is 253. The number of carboxylic acids is 1. The SMILES string of the molecule is C=CCC(=O)O.Cl.O=C1C=CC(=O)O1. The van der Waals surface area contributed by atoms with Gasteiger partial charge in [0.25, 0.3) is 0 Å². The molecular formula is C8H9ClO5. The fourth-order valence-corrected chi connectivity index (χ4v) is 0.427. The van der Waals surface area contributed by atoms with E-state index in [4.69, 9.17) is 5.11 Å². The molecule has 0 aromatic heterocycles. The van der Waals surface area contributed by atoms with Crippen LogP contribution in [0.4, 0.5) is 0 Å². The fraction of sp³-hybridized carbons (Fsp3) is 0.125. The average Bonchev–Trinajstić information content (AvgIpc) is 2.35. The minimum Gasteiger partial charge on any atom is -0.481 e. The molecule has 0 aromatic carbocycles. The summed E-state index contributed by atoms with van der Waals surface area (Å²) in [6.07, 6.45) is 3.58. The van der Waals surface area contributed by atoms with Crippen molar-refractivity contribution in [2.24, 2.45) is 0 Å². The van der Waals surface area contributed by atoms with E-state index >= 15 is 0 Å². The summed E-state index contributed by atoms with van der Waals surface area (Å²) >= 11 is 0. The Morgan fingerprint density at radius 2 is 1.86 bits per heavy atom. The largest absolute Gasteiger partial charge is 0.481 e. The van der Waals surface area contributed by atoms with Crippen LogP contribution < -0.4 is 0 Å². The van der Waals surface area contributed by atoms with Gasteiger partial charge < -0.3 is 9.84 Å². The Morgan fingerprint density at radius 1 is 1.43 bits per heavy atom. The van der Waals surface area contributed by atoms with Crippen molar-refractivity contribution in [2.45, 2.75) is 6.42 Å². The average molecular weight is 221 g/mol. The van der Waals surface area contributed by atoms with E-state index in [1.165, 1.54) is 6.08 Å². The fourth-order valence-electron chi connectivity index (χ4n) is 0.427. The topological polar surface area (TPSA) is 80.7 Å². The van der Waals surface area contributed by atoms with Gasteiger partial charge in [-0.25, -0.2) is 9.59 Å². The standard InChI is InChI=1S/C4H2O3.C4H6O2.ClH/c5-3-1-2-4(6)7-3;1-2-3-4(5)6;/h1-2H;2H,1,3H2,(H,5,6);1H. The van der Waals surface area contributed by atoms with Gasteiger partial charge in [0.15, 0.2) is 0 Å². The second-order valence-corrected chi connectivity index (χ2v) is 1.96. The molecule has 5 nitrogen and oxygen atoms in total. The molecule has 1 N–H and O–H groups in total. The van der Waals surface area contributed by atoms with Crippen LogP contribution in [-0.4, -0.2) is 23.0 Å². The van der Waals surface area contributed by atoms with Gasteiger partial charge in [0.1, 0.15) is 0 Å². The zero-order valence-electron chi connectivity index (χ0n) is 7.13. The lowest BCUT2D eigenvalue weighted by Gasteiger charge is -1.80. The summed E-state index contributed by atoms with van der Waals surface area (Å²) in [6.45, 7) is 3.22. The molecule has 0 unspecified atom stereocenters. The van der Waals surface area contributed by atoms with Crippen LogP contribution in [0.15, 0.2) is 24.8 Å². The van der Waals surface area contributed by atoms with Crippen molar-refractivity contribution < 1.29 is 24.2 Å². The van der Waals surface area contributed by atoms with Gasteiger partial charge >= 0.3 is 17.9 Å². The molecule has 1 heterocycles. The Kier molecular flexibility index (Phi) is 8.50. The van der Waals surface area contributed by atoms with Crippen molar-refractivity contribution >= 4 is 30.3 Å². The first-order valence-electron chi connectivity index (χ1n) is 3.32. The first-order valence-corrected chi connectivity index (χ1v) is 3.32. The predicted octanol–water partition coefficient (Wildman–Crippen LogP) is 0.695. The highest BCUT2D eigenvalue weighted by Gasteiger charge is 2.10. The minimum atomic E-state index is -0.829. The quantitative estimate of drug-likeness (QED) is 0.421. The third-order valence-electron chi connectivity index (χ3n) is 0.876. The van der Waals surface area contributed by atoms with Crippen molar-refractivity contribution in [2.75, 3.05) is 0 Å². The summed E-state index contributed by atoms with van der Waals surface area (Å²) in [5.74, 6) is -1.99. The highest BCUT2D eigenvalue weighted by Crippen LogP contribution is 1.92. The molecule has 0 saturated heterocycles. The van der Waals surface area contributed by atoms with E-state index < -0.39 is 17.9 Å². The van der Waals surface area contributed by atoms with Crippen LogP contribution in [0.3, 0.4) is 0 Å². The van der Waals surface area contributed by atoms with Crippen molar-refractivity contribution in [3.8, 4) is 0 Å². The Balaban J connectivity index is 0. The summed E-state index contributed by atoms with van der Waals surface area (Å²) in [6, 6.07) is 0. The molecular weight excluding hydrogens is 212 g/mol. The molecule has 0 aliphatic carbocycles. The molecule has 0 radical (unpaired) electrons. The molecule has 0 amide bonds. The van der Waals surface area contributed by atoms with E-state index in [2.05, 4.69) is 11.3 Å². The molecule has 0 saturated carbocycles. The van der Waals surface area contributed by atoms with Crippen LogP contribution >= 0.6 is 12.4 Å². The first kappa shape index (κ1) is 14.9. The Labute approximate surface area is 86.5 Å². The van der Waals surface area contributed by atoms with Crippen molar-refractivity contribution in [3.63, 3.8) is 0 Å².